The molecule has 4 heteroatoms. The van der Waals surface area contributed by atoms with Gasteiger partial charge >= 0.3 is 0 Å². The van der Waals surface area contributed by atoms with Gasteiger partial charge in [0.15, 0.2) is 0 Å². The summed E-state index contributed by atoms with van der Waals surface area (Å²) in [6.45, 7) is 8.70. The highest BCUT2D eigenvalue weighted by Crippen LogP contribution is 2.32. The van der Waals surface area contributed by atoms with E-state index >= 15 is 0 Å². The fourth-order valence-corrected chi connectivity index (χ4v) is 2.81. The summed E-state index contributed by atoms with van der Waals surface area (Å²) in [6, 6.07) is 0.0587. The number of hydrogen-bond acceptors (Lipinski definition) is 3. The van der Waals surface area contributed by atoms with Gasteiger partial charge in [0.2, 0.25) is 5.91 Å². The molecule has 4 nitrogen and oxygen atoms in total. The smallest absolute Gasteiger partial charge is 0.239 e. The van der Waals surface area contributed by atoms with E-state index in [1.165, 1.54) is 0 Å². The van der Waals surface area contributed by atoms with E-state index in [0.29, 0.717) is 5.91 Å². The number of carbonyl (C=O) groups excluding carboxylic acids is 1. The minimum Gasteiger partial charge on any atom is -0.381 e. The van der Waals surface area contributed by atoms with Gasteiger partial charge in [-0.15, -0.1) is 0 Å². The third kappa shape index (κ3) is 2.99. The second-order valence-electron chi connectivity index (χ2n) is 5.58. The molecule has 98 valence electrons. The van der Waals surface area contributed by atoms with Crippen LogP contribution in [0.4, 0.5) is 0 Å². The molecule has 0 aromatic heterocycles. The molecule has 1 unspecified atom stereocenters. The number of ether oxygens (including phenoxy) is 1. The number of hydrogen-bond donors (Lipinski definition) is 1. The Labute approximate surface area is 104 Å². The molecule has 0 aromatic carbocycles. The molecule has 2 heterocycles. The Kier molecular flexibility index (Phi) is 4.05. The number of amides is 1. The van der Waals surface area contributed by atoms with Crippen LogP contribution in [0, 0.1) is 5.41 Å². The van der Waals surface area contributed by atoms with Gasteiger partial charge in [-0.05, 0) is 31.2 Å². The van der Waals surface area contributed by atoms with Crippen molar-refractivity contribution in [2.24, 2.45) is 5.41 Å². The standard InChI is InChI=1S/C13H24N2O2/c1-3-14-11-4-7-15(12(11)16)10-13(2)5-8-17-9-6-13/h11,14H,3-10H2,1-2H3. The van der Waals surface area contributed by atoms with Crippen molar-refractivity contribution in [2.45, 2.75) is 39.2 Å². The second-order valence-corrected chi connectivity index (χ2v) is 5.58. The van der Waals surface area contributed by atoms with E-state index in [0.717, 1.165) is 52.1 Å². The molecule has 0 bridgehead atoms. The first kappa shape index (κ1) is 12.8. The Morgan fingerprint density at radius 1 is 1.47 bits per heavy atom. The van der Waals surface area contributed by atoms with Crippen molar-refractivity contribution in [3.8, 4) is 0 Å². The molecule has 0 radical (unpaired) electrons. The van der Waals surface area contributed by atoms with Crippen LogP contribution in [0.25, 0.3) is 0 Å². The van der Waals surface area contributed by atoms with Crippen molar-refractivity contribution < 1.29 is 9.53 Å². The lowest BCUT2D eigenvalue weighted by Gasteiger charge is -2.36. The number of nitrogens with zero attached hydrogens (tertiary/aromatic N) is 1. The molecule has 1 N–H and O–H groups in total. The summed E-state index contributed by atoms with van der Waals surface area (Å²) in [7, 11) is 0. The van der Waals surface area contributed by atoms with Crippen molar-refractivity contribution in [1.82, 2.24) is 10.2 Å². The maximum Gasteiger partial charge on any atom is 0.239 e. The molecule has 0 aromatic rings. The molecule has 0 aliphatic carbocycles. The van der Waals surface area contributed by atoms with Crippen molar-refractivity contribution in [3.63, 3.8) is 0 Å². The maximum absolute atomic E-state index is 12.1. The third-order valence-electron chi connectivity index (χ3n) is 4.02. The lowest BCUT2D eigenvalue weighted by atomic mass is 9.82. The minimum absolute atomic E-state index is 0.0587. The van der Waals surface area contributed by atoms with Crippen LogP contribution in [0.3, 0.4) is 0 Å². The lowest BCUT2D eigenvalue weighted by Crippen LogP contribution is -2.44. The summed E-state index contributed by atoms with van der Waals surface area (Å²) in [5, 5.41) is 3.26. The van der Waals surface area contributed by atoms with Crippen LogP contribution in [0.5, 0.6) is 0 Å². The summed E-state index contributed by atoms with van der Waals surface area (Å²) in [5.41, 5.74) is 0.259. The van der Waals surface area contributed by atoms with Crippen LogP contribution in [0.2, 0.25) is 0 Å². The average Bonchev–Trinajstić information content (AvgIpc) is 2.63. The van der Waals surface area contributed by atoms with Gasteiger partial charge in [0.05, 0.1) is 6.04 Å². The van der Waals surface area contributed by atoms with Gasteiger partial charge < -0.3 is 15.0 Å². The number of carbonyl (C=O) groups is 1. The van der Waals surface area contributed by atoms with Gasteiger partial charge in [-0.2, -0.15) is 0 Å². The van der Waals surface area contributed by atoms with Gasteiger partial charge in [-0.1, -0.05) is 13.8 Å². The number of rotatable bonds is 4. The van der Waals surface area contributed by atoms with Crippen LogP contribution in [0.1, 0.15) is 33.1 Å². The Balaban J connectivity index is 1.89. The highest BCUT2D eigenvalue weighted by atomic mass is 16.5. The average molecular weight is 240 g/mol. The van der Waals surface area contributed by atoms with E-state index < -0.39 is 0 Å². The molecule has 17 heavy (non-hydrogen) atoms. The highest BCUT2D eigenvalue weighted by Gasteiger charge is 2.36. The van der Waals surface area contributed by atoms with Gasteiger partial charge in [-0.25, -0.2) is 0 Å². The Morgan fingerprint density at radius 3 is 2.82 bits per heavy atom. The molecular weight excluding hydrogens is 216 g/mol. The van der Waals surface area contributed by atoms with Gasteiger partial charge in [0.1, 0.15) is 0 Å². The largest absolute Gasteiger partial charge is 0.381 e. The summed E-state index contributed by atoms with van der Waals surface area (Å²) in [4.78, 5) is 14.2. The summed E-state index contributed by atoms with van der Waals surface area (Å²) in [5.74, 6) is 0.291. The fraction of sp³-hybridized carbons (Fsp3) is 0.923. The molecule has 2 fully saturated rings. The molecule has 1 atom stereocenters. The Bertz CT molecular complexity index is 275. The predicted molar refractivity (Wildman–Crippen MR) is 66.8 cm³/mol. The second kappa shape index (κ2) is 5.36. The van der Waals surface area contributed by atoms with Crippen LogP contribution < -0.4 is 5.32 Å². The Morgan fingerprint density at radius 2 is 2.18 bits per heavy atom. The van der Waals surface area contributed by atoms with Crippen LogP contribution >= 0.6 is 0 Å². The molecule has 0 spiro atoms. The first-order valence-electron chi connectivity index (χ1n) is 6.74. The molecule has 0 saturated carbocycles. The van der Waals surface area contributed by atoms with E-state index in [-0.39, 0.29) is 11.5 Å². The normalized spacial score (nSPS) is 28.7. The van der Waals surface area contributed by atoms with E-state index in [1.807, 2.05) is 4.90 Å². The number of likely N-dealkylation sites (N-methyl/N-ethyl adjacent to an activating group) is 1. The minimum atomic E-state index is 0.0587. The first-order chi connectivity index (χ1) is 8.14. The first-order valence-corrected chi connectivity index (χ1v) is 6.74. The zero-order chi connectivity index (χ0) is 12.3. The Hall–Kier alpha value is -0.610. The van der Waals surface area contributed by atoms with Gasteiger partial charge in [0.25, 0.3) is 0 Å². The van der Waals surface area contributed by atoms with Crippen molar-refractivity contribution in [1.29, 1.82) is 0 Å². The fourth-order valence-electron chi connectivity index (χ4n) is 2.81. The topological polar surface area (TPSA) is 41.6 Å². The number of likely N-dealkylation sites (tertiary alicyclic amines) is 1. The van der Waals surface area contributed by atoms with Crippen LogP contribution in [-0.2, 0) is 9.53 Å². The van der Waals surface area contributed by atoms with Crippen molar-refractivity contribution in [3.05, 3.63) is 0 Å². The van der Waals surface area contributed by atoms with Crippen molar-refractivity contribution in [2.75, 3.05) is 32.8 Å². The molecular formula is C13H24N2O2. The summed E-state index contributed by atoms with van der Waals surface area (Å²) >= 11 is 0. The maximum atomic E-state index is 12.1. The lowest BCUT2D eigenvalue weighted by molar-refractivity contribution is -0.131. The third-order valence-corrected chi connectivity index (χ3v) is 4.02. The molecule has 2 aliphatic heterocycles. The molecule has 1 amide bonds. The summed E-state index contributed by atoms with van der Waals surface area (Å²) in [6.07, 6.45) is 3.10. The highest BCUT2D eigenvalue weighted by molar-refractivity contribution is 5.84. The van der Waals surface area contributed by atoms with E-state index in [9.17, 15) is 4.79 Å². The molecule has 2 saturated heterocycles. The summed E-state index contributed by atoms with van der Waals surface area (Å²) < 4.78 is 5.40. The number of nitrogens with one attached hydrogen (secondary N) is 1. The van der Waals surface area contributed by atoms with E-state index in [1.54, 1.807) is 0 Å². The predicted octanol–water partition coefficient (Wildman–Crippen LogP) is 1.01. The molecule has 2 aliphatic rings. The van der Waals surface area contributed by atoms with Crippen LogP contribution in [-0.4, -0.2) is 49.7 Å². The van der Waals surface area contributed by atoms with Gasteiger partial charge in [0, 0.05) is 26.3 Å². The van der Waals surface area contributed by atoms with Gasteiger partial charge in [-0.3, -0.25) is 4.79 Å². The molecule has 2 rings (SSSR count). The monoisotopic (exact) mass is 240 g/mol. The zero-order valence-corrected chi connectivity index (χ0v) is 11.0. The zero-order valence-electron chi connectivity index (χ0n) is 11.0. The van der Waals surface area contributed by atoms with E-state index in [4.69, 9.17) is 4.74 Å². The quantitative estimate of drug-likeness (QED) is 0.797. The van der Waals surface area contributed by atoms with E-state index in [2.05, 4.69) is 19.2 Å². The van der Waals surface area contributed by atoms with Crippen LogP contribution in [0.15, 0.2) is 0 Å². The van der Waals surface area contributed by atoms with Crippen molar-refractivity contribution >= 4 is 5.91 Å². The SMILES string of the molecule is CCNC1CCN(CC2(C)CCOCC2)C1=O.